The van der Waals surface area contributed by atoms with Gasteiger partial charge in [0, 0.05) is 5.56 Å². The molecule has 1 nitrogen and oxygen atoms in total. The Morgan fingerprint density at radius 3 is 1.00 bits per heavy atom. The minimum atomic E-state index is -0.446. The average molecular weight is 449 g/mol. The Balaban J connectivity index is 0.000000264. The maximum Gasteiger partial charge on any atom is 0.150 e. The summed E-state index contributed by atoms with van der Waals surface area (Å²) < 4.78 is 0. The van der Waals surface area contributed by atoms with E-state index in [0.717, 1.165) is 11.8 Å². The monoisotopic (exact) mass is 448 g/mol. The maximum atomic E-state index is 10.0. The number of aldehydes is 1. The summed E-state index contributed by atoms with van der Waals surface area (Å²) in [7, 11) is -0.446. The molecule has 0 N–H and O–H groups in total. The molecule has 0 aromatic heterocycles. The second kappa shape index (κ2) is 12.0. The summed E-state index contributed by atoms with van der Waals surface area (Å²) in [6.07, 6.45) is 0.833. The van der Waals surface area contributed by atoms with Crippen LogP contribution in [0.2, 0.25) is 0 Å². The highest BCUT2D eigenvalue weighted by Gasteiger charge is 2.14. The van der Waals surface area contributed by atoms with E-state index in [1.54, 1.807) is 12.1 Å². The first kappa shape index (κ1) is 21.8. The van der Waals surface area contributed by atoms with Crippen molar-refractivity contribution < 1.29 is 4.79 Å². The molecule has 0 aliphatic rings. The van der Waals surface area contributed by atoms with Crippen LogP contribution in [0.1, 0.15) is 10.4 Å². The number of halogens is 1. The Labute approximate surface area is 178 Å². The van der Waals surface area contributed by atoms with E-state index in [4.69, 9.17) is 0 Å². The van der Waals surface area contributed by atoms with Crippen molar-refractivity contribution >= 4 is 47.1 Å². The van der Waals surface area contributed by atoms with E-state index in [1.165, 1.54) is 15.9 Å². The lowest BCUT2D eigenvalue weighted by Crippen LogP contribution is -2.20. The molecule has 0 aliphatic heterocycles. The van der Waals surface area contributed by atoms with Crippen LogP contribution in [0.4, 0.5) is 0 Å². The predicted octanol–water partition coefficient (Wildman–Crippen LogP) is 5.52. The van der Waals surface area contributed by atoms with Gasteiger partial charge in [0.2, 0.25) is 0 Å². The van der Waals surface area contributed by atoms with Crippen molar-refractivity contribution in [2.45, 2.75) is 0 Å². The molecule has 28 heavy (non-hydrogen) atoms. The highest BCUT2D eigenvalue weighted by Crippen LogP contribution is 2.32. The van der Waals surface area contributed by atoms with E-state index in [9.17, 15) is 4.79 Å². The molecule has 0 fully saturated rings. The van der Waals surface area contributed by atoms with Gasteiger partial charge >= 0.3 is 0 Å². The minimum absolute atomic E-state index is 0. The van der Waals surface area contributed by atoms with Crippen molar-refractivity contribution in [2.24, 2.45) is 0 Å². The highest BCUT2D eigenvalue weighted by molar-refractivity contribution is 8.93. The van der Waals surface area contributed by atoms with Gasteiger partial charge in [0.1, 0.15) is 6.29 Å². The molecule has 0 saturated carbocycles. The van der Waals surface area contributed by atoms with Crippen LogP contribution in [-0.2, 0) is 0 Å². The summed E-state index contributed by atoms with van der Waals surface area (Å²) in [5.74, 6) is 0. The van der Waals surface area contributed by atoms with Crippen LogP contribution in [0.25, 0.3) is 0 Å². The quantitative estimate of drug-likeness (QED) is 0.296. The SMILES string of the molecule is Br.O=Cc1ccccc1.c1ccc(P(c2ccccc2)c2ccccc2)cc1. The van der Waals surface area contributed by atoms with Crippen molar-refractivity contribution in [3.05, 3.63) is 127 Å². The zero-order valence-electron chi connectivity index (χ0n) is 15.4. The number of hydrogen-bond acceptors (Lipinski definition) is 1. The van der Waals surface area contributed by atoms with Crippen molar-refractivity contribution in [3.63, 3.8) is 0 Å². The van der Waals surface area contributed by atoms with Gasteiger partial charge in [0.15, 0.2) is 0 Å². The summed E-state index contributed by atoms with van der Waals surface area (Å²) in [4.78, 5) is 10.0. The molecule has 0 saturated heterocycles. The minimum Gasteiger partial charge on any atom is -0.298 e. The second-order valence-corrected chi connectivity index (χ2v) is 8.09. The van der Waals surface area contributed by atoms with Crippen LogP contribution < -0.4 is 15.9 Å². The van der Waals surface area contributed by atoms with Gasteiger partial charge in [-0.25, -0.2) is 0 Å². The molecule has 140 valence electrons. The van der Waals surface area contributed by atoms with Gasteiger partial charge < -0.3 is 0 Å². The van der Waals surface area contributed by atoms with Crippen molar-refractivity contribution in [3.8, 4) is 0 Å². The molecule has 0 heterocycles. The Kier molecular flexibility index (Phi) is 9.34. The largest absolute Gasteiger partial charge is 0.298 e. The summed E-state index contributed by atoms with van der Waals surface area (Å²) in [6.45, 7) is 0. The normalized spacial score (nSPS) is 9.61. The van der Waals surface area contributed by atoms with E-state index in [1.807, 2.05) is 18.2 Å². The van der Waals surface area contributed by atoms with Crippen LogP contribution in [0.15, 0.2) is 121 Å². The lowest BCUT2D eigenvalue weighted by molar-refractivity contribution is 0.112. The molecule has 0 atom stereocenters. The van der Waals surface area contributed by atoms with Crippen LogP contribution in [-0.4, -0.2) is 6.29 Å². The smallest absolute Gasteiger partial charge is 0.150 e. The Hall–Kier alpha value is -2.54. The van der Waals surface area contributed by atoms with E-state index >= 15 is 0 Å². The number of carbonyl (C=O) groups excluding carboxylic acids is 1. The zero-order chi connectivity index (χ0) is 18.7. The van der Waals surface area contributed by atoms with Gasteiger partial charge in [-0.3, -0.25) is 4.79 Å². The second-order valence-electron chi connectivity index (χ2n) is 5.87. The topological polar surface area (TPSA) is 17.1 Å². The lowest BCUT2D eigenvalue weighted by atomic mass is 10.2. The van der Waals surface area contributed by atoms with E-state index in [0.29, 0.717) is 0 Å². The first-order chi connectivity index (χ1) is 13.4. The number of rotatable bonds is 4. The molecule has 4 aromatic carbocycles. The molecule has 0 bridgehead atoms. The predicted molar refractivity (Wildman–Crippen MR) is 127 cm³/mol. The van der Waals surface area contributed by atoms with Crippen molar-refractivity contribution in [1.29, 1.82) is 0 Å². The van der Waals surface area contributed by atoms with Gasteiger partial charge in [-0.2, -0.15) is 0 Å². The molecule has 0 radical (unpaired) electrons. The fourth-order valence-electron chi connectivity index (χ4n) is 2.71. The Morgan fingerprint density at radius 1 is 0.464 bits per heavy atom. The van der Waals surface area contributed by atoms with Gasteiger partial charge in [-0.05, 0) is 23.8 Å². The molecule has 4 rings (SSSR count). The summed E-state index contributed by atoms with van der Waals surface area (Å²) in [5, 5.41) is 4.19. The first-order valence-corrected chi connectivity index (χ1v) is 10.2. The number of benzene rings is 4. The summed E-state index contributed by atoms with van der Waals surface area (Å²) in [6, 6.07) is 41.4. The number of carbonyl (C=O) groups is 1. The molecule has 0 aliphatic carbocycles. The zero-order valence-corrected chi connectivity index (χ0v) is 18.0. The van der Waals surface area contributed by atoms with Gasteiger partial charge in [-0.15, -0.1) is 17.0 Å². The first-order valence-electron chi connectivity index (χ1n) is 8.84. The van der Waals surface area contributed by atoms with E-state index in [2.05, 4.69) is 91.0 Å². The molecule has 4 aromatic rings. The van der Waals surface area contributed by atoms with Gasteiger partial charge in [-0.1, -0.05) is 121 Å². The van der Waals surface area contributed by atoms with Gasteiger partial charge in [0.05, 0.1) is 0 Å². The van der Waals surface area contributed by atoms with Crippen LogP contribution in [0, 0.1) is 0 Å². The molecular weight excluding hydrogens is 427 g/mol. The molecule has 3 heteroatoms. The molecule has 0 unspecified atom stereocenters. The van der Waals surface area contributed by atoms with Crippen LogP contribution in [0.5, 0.6) is 0 Å². The third kappa shape index (κ3) is 6.27. The highest BCUT2D eigenvalue weighted by atomic mass is 79.9. The Morgan fingerprint density at radius 2 is 0.750 bits per heavy atom. The molecule has 0 spiro atoms. The molecule has 0 amide bonds. The summed E-state index contributed by atoms with van der Waals surface area (Å²) >= 11 is 0. The van der Waals surface area contributed by atoms with E-state index < -0.39 is 7.92 Å². The van der Waals surface area contributed by atoms with E-state index in [-0.39, 0.29) is 17.0 Å². The maximum absolute atomic E-state index is 10.0. The third-order valence-corrected chi connectivity index (χ3v) is 6.42. The summed E-state index contributed by atoms with van der Waals surface area (Å²) in [5.41, 5.74) is 0.729. The van der Waals surface area contributed by atoms with Gasteiger partial charge in [0.25, 0.3) is 0 Å². The average Bonchev–Trinajstić information content (AvgIpc) is 2.77. The Bertz CT molecular complexity index is 835. The number of hydrogen-bond donors (Lipinski definition) is 0. The molecular formula is C25H22BrOP. The van der Waals surface area contributed by atoms with Crippen molar-refractivity contribution in [1.82, 2.24) is 0 Å². The lowest BCUT2D eigenvalue weighted by Gasteiger charge is -2.18. The standard InChI is InChI=1S/C18H15P.C7H6O.BrH/c1-4-10-16(11-5-1)19(17-12-6-2-7-13-17)18-14-8-3-9-15-18;8-6-7-4-2-1-3-5-7;/h1-15H;1-6H;1H. The fourth-order valence-corrected chi connectivity index (χ4v) is 5.02. The third-order valence-electron chi connectivity index (χ3n) is 3.98. The van der Waals surface area contributed by atoms with Crippen LogP contribution in [0.3, 0.4) is 0 Å². The fraction of sp³-hybridized carbons (Fsp3) is 0. The van der Waals surface area contributed by atoms with Crippen molar-refractivity contribution in [2.75, 3.05) is 0 Å². The van der Waals surface area contributed by atoms with Crippen LogP contribution >= 0.6 is 24.9 Å².